The number of amides is 1. The monoisotopic (exact) mass is 702 g/mol. The van der Waals surface area contributed by atoms with Crippen molar-refractivity contribution >= 4 is 11.8 Å². The lowest BCUT2D eigenvalue weighted by atomic mass is 9.81. The lowest BCUT2D eigenvalue weighted by Gasteiger charge is -2.45. The first-order chi connectivity index (χ1) is 24.0. The van der Waals surface area contributed by atoms with E-state index in [1.807, 2.05) is 65.0 Å². The van der Waals surface area contributed by atoms with E-state index in [1.165, 1.54) is 0 Å². The second kappa shape index (κ2) is 18.9. The van der Waals surface area contributed by atoms with Crippen molar-refractivity contribution in [2.75, 3.05) is 84.9 Å². The van der Waals surface area contributed by atoms with Crippen LogP contribution in [0, 0.1) is 0 Å². The van der Waals surface area contributed by atoms with Crippen molar-refractivity contribution in [3.63, 3.8) is 0 Å². The first-order valence-corrected chi connectivity index (χ1v) is 17.7. The van der Waals surface area contributed by atoms with Crippen molar-refractivity contribution in [2.24, 2.45) is 0 Å². The molecule has 0 spiro atoms. The van der Waals surface area contributed by atoms with Crippen LogP contribution in [0.15, 0.2) is 36.4 Å². The van der Waals surface area contributed by atoms with Crippen LogP contribution in [0.2, 0.25) is 0 Å². The molecule has 0 saturated carbocycles. The molecule has 2 aliphatic rings. The Bertz CT molecular complexity index is 1350. The number of carbonyl (C=O) groups is 1. The molecule has 1 fully saturated rings. The Morgan fingerprint density at radius 1 is 1.04 bits per heavy atom. The molecular formula is C38H58N2O10. The number of rotatable bonds is 18. The number of piperidine rings is 1. The zero-order valence-electron chi connectivity index (χ0n) is 31.0. The third kappa shape index (κ3) is 11.2. The van der Waals surface area contributed by atoms with Gasteiger partial charge in [0.2, 0.25) is 0 Å². The fourth-order valence-corrected chi connectivity index (χ4v) is 6.18. The van der Waals surface area contributed by atoms with Gasteiger partial charge in [0.15, 0.2) is 0 Å². The summed E-state index contributed by atoms with van der Waals surface area (Å²) in [4.78, 5) is 17.1. The van der Waals surface area contributed by atoms with Crippen LogP contribution in [0.1, 0.15) is 64.2 Å². The van der Waals surface area contributed by atoms with Gasteiger partial charge in [-0.1, -0.05) is 18.2 Å². The fraction of sp³-hybridized carbons (Fsp3) is 0.658. The third-order valence-electron chi connectivity index (χ3n) is 8.67. The second-order valence-electron chi connectivity index (χ2n) is 13.8. The van der Waals surface area contributed by atoms with E-state index in [0.29, 0.717) is 57.6 Å². The molecule has 3 atom stereocenters. The van der Waals surface area contributed by atoms with E-state index in [9.17, 15) is 9.90 Å². The van der Waals surface area contributed by atoms with Crippen molar-refractivity contribution in [3.8, 4) is 11.5 Å². The van der Waals surface area contributed by atoms with Crippen molar-refractivity contribution < 1.29 is 47.8 Å². The van der Waals surface area contributed by atoms with Crippen LogP contribution >= 0.6 is 0 Å². The molecule has 1 amide bonds. The first kappa shape index (κ1) is 39.7. The number of likely N-dealkylation sites (tertiary alicyclic amines) is 1. The van der Waals surface area contributed by atoms with Crippen LogP contribution in [0.25, 0.3) is 0 Å². The van der Waals surface area contributed by atoms with E-state index in [1.54, 1.807) is 19.1 Å². The van der Waals surface area contributed by atoms with Crippen molar-refractivity contribution in [1.29, 1.82) is 0 Å². The number of aliphatic hydroxyl groups is 1. The summed E-state index contributed by atoms with van der Waals surface area (Å²) in [6.07, 6.45) is -0.154. The Morgan fingerprint density at radius 3 is 2.54 bits per heavy atom. The number of hydrogen-bond donors (Lipinski definition) is 1. The maximum absolute atomic E-state index is 13.2. The fourth-order valence-electron chi connectivity index (χ4n) is 6.18. The highest BCUT2D eigenvalue weighted by molar-refractivity contribution is 5.68. The Hall–Kier alpha value is -3.13. The Morgan fingerprint density at radius 2 is 1.80 bits per heavy atom. The standard InChI is InChI=1S/C38H58N2O10/c1-8-46-28(2)25-45-26-30-10-12-31(34(23-30)48-21-20-44-7)38(42)14-16-40(36(41)50-37(3,4)5)24-35(38)49-27-29-11-13-33-32(22-29)39(17-19-47-33)15-9-18-43-6/h10-13,22-23,28,35,42H,8-9,14-21,24-27H2,1-7H3/t28?,35-,38-/m0/s1. The van der Waals surface area contributed by atoms with E-state index >= 15 is 0 Å². The van der Waals surface area contributed by atoms with Crippen LogP contribution < -0.4 is 14.4 Å². The van der Waals surface area contributed by atoms with Crippen LogP contribution in [0.5, 0.6) is 11.5 Å². The first-order valence-electron chi connectivity index (χ1n) is 17.7. The molecule has 0 bridgehead atoms. The van der Waals surface area contributed by atoms with Gasteiger partial charge in [0, 0.05) is 52.5 Å². The highest BCUT2D eigenvalue weighted by atomic mass is 16.6. The van der Waals surface area contributed by atoms with E-state index in [2.05, 4.69) is 11.0 Å². The van der Waals surface area contributed by atoms with Gasteiger partial charge < -0.3 is 52.8 Å². The minimum Gasteiger partial charge on any atom is -0.491 e. The summed E-state index contributed by atoms with van der Waals surface area (Å²) in [5.41, 5.74) is 1.26. The summed E-state index contributed by atoms with van der Waals surface area (Å²) in [5, 5.41) is 12.6. The van der Waals surface area contributed by atoms with Gasteiger partial charge in [0.05, 0.1) is 51.3 Å². The van der Waals surface area contributed by atoms with Gasteiger partial charge in [-0.2, -0.15) is 0 Å². The smallest absolute Gasteiger partial charge is 0.410 e. The predicted molar refractivity (Wildman–Crippen MR) is 190 cm³/mol. The maximum Gasteiger partial charge on any atom is 0.410 e. The van der Waals surface area contributed by atoms with Crippen LogP contribution in [0.3, 0.4) is 0 Å². The highest BCUT2D eigenvalue weighted by Gasteiger charge is 2.47. The van der Waals surface area contributed by atoms with Crippen LogP contribution in [-0.4, -0.2) is 114 Å². The normalized spacial score (nSPS) is 19.9. The Kier molecular flexibility index (Phi) is 15.0. The SMILES string of the molecule is CCOC(C)COCc1ccc([C@@]2(O)CCN(C(=O)OC(C)(C)C)C[C@@H]2OCc2ccc3c(c2)N(CCCOC)CCO3)c(OCCOC)c1. The second-order valence-corrected chi connectivity index (χ2v) is 13.8. The number of hydrogen-bond acceptors (Lipinski definition) is 11. The number of carbonyl (C=O) groups excluding carboxylic acids is 1. The van der Waals surface area contributed by atoms with Crippen molar-refractivity contribution in [3.05, 3.63) is 53.1 Å². The van der Waals surface area contributed by atoms with Gasteiger partial charge in [0.25, 0.3) is 0 Å². The number of nitrogens with zero attached hydrogens (tertiary/aromatic N) is 2. The quantitative estimate of drug-likeness (QED) is 0.204. The molecule has 0 radical (unpaired) electrons. The molecule has 1 unspecified atom stereocenters. The lowest BCUT2D eigenvalue weighted by molar-refractivity contribution is -0.155. The summed E-state index contributed by atoms with van der Waals surface area (Å²) in [6, 6.07) is 11.7. The minimum absolute atomic E-state index is 0.0214. The highest BCUT2D eigenvalue weighted by Crippen LogP contribution is 2.41. The molecular weight excluding hydrogens is 644 g/mol. The van der Waals surface area contributed by atoms with E-state index in [-0.39, 0.29) is 32.2 Å². The molecule has 2 aromatic carbocycles. The van der Waals surface area contributed by atoms with Crippen molar-refractivity contribution in [2.45, 2.75) is 84.1 Å². The summed E-state index contributed by atoms with van der Waals surface area (Å²) in [5.74, 6) is 1.34. The van der Waals surface area contributed by atoms with E-state index < -0.39 is 23.4 Å². The Balaban J connectivity index is 1.60. The largest absolute Gasteiger partial charge is 0.491 e. The molecule has 280 valence electrons. The van der Waals surface area contributed by atoms with Gasteiger partial charge in [-0.25, -0.2) is 4.79 Å². The molecule has 0 aromatic heterocycles. The summed E-state index contributed by atoms with van der Waals surface area (Å²) >= 11 is 0. The average molecular weight is 703 g/mol. The van der Waals surface area contributed by atoms with Gasteiger partial charge in [0.1, 0.15) is 42.0 Å². The number of methoxy groups -OCH3 is 2. The Labute approximate surface area is 297 Å². The minimum atomic E-state index is -1.48. The number of fused-ring (bicyclic) bond motifs is 1. The molecule has 4 rings (SSSR count). The van der Waals surface area contributed by atoms with Crippen LogP contribution in [0.4, 0.5) is 10.5 Å². The van der Waals surface area contributed by atoms with Gasteiger partial charge >= 0.3 is 6.09 Å². The summed E-state index contributed by atoms with van der Waals surface area (Å²) < 4.78 is 46.5. The number of anilines is 1. The topological polar surface area (TPSA) is 118 Å². The molecule has 0 aliphatic carbocycles. The molecule has 2 aromatic rings. The molecule has 12 nitrogen and oxygen atoms in total. The molecule has 12 heteroatoms. The van der Waals surface area contributed by atoms with Gasteiger partial charge in [-0.15, -0.1) is 0 Å². The zero-order chi connectivity index (χ0) is 36.1. The zero-order valence-corrected chi connectivity index (χ0v) is 31.0. The van der Waals surface area contributed by atoms with E-state index in [0.717, 1.165) is 42.1 Å². The summed E-state index contributed by atoms with van der Waals surface area (Å²) in [7, 11) is 3.33. The lowest BCUT2D eigenvalue weighted by Crippen LogP contribution is -2.56. The number of ether oxygens (including phenoxy) is 8. The number of benzene rings is 2. The van der Waals surface area contributed by atoms with E-state index in [4.69, 9.17) is 37.9 Å². The summed E-state index contributed by atoms with van der Waals surface area (Å²) in [6.45, 7) is 15.1. The van der Waals surface area contributed by atoms with Crippen molar-refractivity contribution in [1.82, 2.24) is 4.90 Å². The van der Waals surface area contributed by atoms with Gasteiger partial charge in [-0.3, -0.25) is 0 Å². The molecule has 50 heavy (non-hydrogen) atoms. The van der Waals surface area contributed by atoms with Gasteiger partial charge in [-0.05, 0) is 70.4 Å². The maximum atomic E-state index is 13.2. The molecule has 2 heterocycles. The third-order valence-corrected chi connectivity index (χ3v) is 8.67. The average Bonchev–Trinajstić information content (AvgIpc) is 3.07. The molecule has 1 saturated heterocycles. The predicted octanol–water partition coefficient (Wildman–Crippen LogP) is 5.30. The molecule has 2 aliphatic heterocycles. The molecule has 1 N–H and O–H groups in total. The van der Waals surface area contributed by atoms with Crippen LogP contribution in [-0.2, 0) is 47.2 Å².